The third kappa shape index (κ3) is 4.25. The van der Waals surface area contributed by atoms with Crippen LogP contribution in [0.3, 0.4) is 0 Å². The minimum Gasteiger partial charge on any atom is -0.399 e. The molecular weight excluding hydrogens is 433 g/mol. The van der Waals surface area contributed by atoms with E-state index in [2.05, 4.69) is 6.07 Å². The summed E-state index contributed by atoms with van der Waals surface area (Å²) in [5.74, 6) is 0.558. The summed E-state index contributed by atoms with van der Waals surface area (Å²) < 4.78 is 12.4. The highest BCUT2D eigenvalue weighted by atomic mass is 16.7. The van der Waals surface area contributed by atoms with Crippen LogP contribution in [0.25, 0.3) is 33.9 Å². The van der Waals surface area contributed by atoms with Crippen molar-refractivity contribution in [1.82, 2.24) is 9.97 Å². The van der Waals surface area contributed by atoms with Gasteiger partial charge in [0.2, 0.25) is 0 Å². The monoisotopic (exact) mass is 459 g/mol. The first kappa shape index (κ1) is 23.0. The summed E-state index contributed by atoms with van der Waals surface area (Å²) in [6.45, 7) is 8.18. The van der Waals surface area contributed by atoms with Crippen molar-refractivity contribution in [3.63, 3.8) is 0 Å². The van der Waals surface area contributed by atoms with Crippen LogP contribution in [0.15, 0.2) is 84.9 Å². The first-order valence-corrected chi connectivity index (χ1v) is 11.7. The second-order valence-corrected chi connectivity index (χ2v) is 9.67. The molecule has 172 valence electrons. The van der Waals surface area contributed by atoms with E-state index in [4.69, 9.17) is 19.3 Å². The molecule has 1 aromatic heterocycles. The molecule has 1 aliphatic rings. The second kappa shape index (κ2) is 8.77. The van der Waals surface area contributed by atoms with Crippen LogP contribution < -0.4 is 5.46 Å². The predicted molar refractivity (Wildman–Crippen MR) is 139 cm³/mol. The SMILES string of the molecule is CC1(C)OB(c2ccc(-c3nc(-c4ccccc4)c(C#N)c(-c4ccccc4)n3)cc2)OC1(C)C. The van der Waals surface area contributed by atoms with Crippen molar-refractivity contribution >= 4 is 12.6 Å². The van der Waals surface area contributed by atoms with Crippen molar-refractivity contribution in [3.8, 4) is 40.0 Å². The molecule has 5 nitrogen and oxygen atoms in total. The molecule has 0 N–H and O–H groups in total. The van der Waals surface area contributed by atoms with E-state index in [1.165, 1.54) is 0 Å². The molecule has 0 bridgehead atoms. The first-order valence-electron chi connectivity index (χ1n) is 11.7. The Hall–Kier alpha value is -3.79. The number of nitriles is 1. The minimum atomic E-state index is -0.435. The van der Waals surface area contributed by atoms with Gasteiger partial charge in [0.1, 0.15) is 11.6 Å². The summed E-state index contributed by atoms with van der Waals surface area (Å²) in [6, 6.07) is 29.8. The van der Waals surface area contributed by atoms with Crippen molar-refractivity contribution in [2.75, 3.05) is 0 Å². The van der Waals surface area contributed by atoms with E-state index in [0.29, 0.717) is 22.8 Å². The lowest BCUT2D eigenvalue weighted by Crippen LogP contribution is -2.41. The zero-order valence-corrected chi connectivity index (χ0v) is 20.3. The minimum absolute atomic E-state index is 0.401. The molecule has 35 heavy (non-hydrogen) atoms. The quantitative estimate of drug-likeness (QED) is 0.369. The van der Waals surface area contributed by atoms with Gasteiger partial charge in [-0.25, -0.2) is 9.97 Å². The average Bonchev–Trinajstić information content (AvgIpc) is 3.11. The molecule has 1 aliphatic heterocycles. The number of hydrogen-bond acceptors (Lipinski definition) is 5. The molecule has 0 aliphatic carbocycles. The standard InChI is InChI=1S/C29H26BN3O2/c1-28(2)29(3,4)35-30(34-28)23-17-15-22(16-18-23)27-32-25(20-11-7-5-8-12-20)24(19-31)26(33-27)21-13-9-6-10-14-21/h5-18H,1-4H3. The maximum absolute atomic E-state index is 10.1. The van der Waals surface area contributed by atoms with Gasteiger partial charge in [-0.05, 0) is 33.2 Å². The lowest BCUT2D eigenvalue weighted by atomic mass is 9.79. The van der Waals surface area contributed by atoms with E-state index >= 15 is 0 Å². The Morgan fingerprint density at radius 1 is 0.657 bits per heavy atom. The van der Waals surface area contributed by atoms with E-state index in [0.717, 1.165) is 22.2 Å². The molecule has 1 fully saturated rings. The highest BCUT2D eigenvalue weighted by Gasteiger charge is 2.51. The third-order valence-corrected chi connectivity index (χ3v) is 6.81. The van der Waals surface area contributed by atoms with E-state index in [-0.39, 0.29) is 0 Å². The lowest BCUT2D eigenvalue weighted by molar-refractivity contribution is 0.00578. The highest BCUT2D eigenvalue weighted by Crippen LogP contribution is 2.37. The van der Waals surface area contributed by atoms with Crippen LogP contribution in [0.1, 0.15) is 33.3 Å². The van der Waals surface area contributed by atoms with Crippen LogP contribution >= 0.6 is 0 Å². The van der Waals surface area contributed by atoms with Crippen molar-refractivity contribution in [1.29, 1.82) is 5.26 Å². The van der Waals surface area contributed by atoms with Gasteiger partial charge in [-0.1, -0.05) is 84.9 Å². The molecule has 0 saturated carbocycles. The highest BCUT2D eigenvalue weighted by molar-refractivity contribution is 6.62. The molecule has 1 saturated heterocycles. The summed E-state index contributed by atoms with van der Waals surface area (Å²) in [5.41, 5.74) is 4.43. The molecule has 0 unspecified atom stereocenters. The number of nitrogens with zero attached hydrogens (tertiary/aromatic N) is 3. The Bertz CT molecular complexity index is 1320. The number of aromatic nitrogens is 2. The molecule has 0 radical (unpaired) electrons. The molecule has 0 amide bonds. The van der Waals surface area contributed by atoms with Crippen molar-refractivity contribution in [2.45, 2.75) is 38.9 Å². The summed E-state index contributed by atoms with van der Waals surface area (Å²) in [7, 11) is -0.435. The fourth-order valence-electron chi connectivity index (χ4n) is 4.07. The second-order valence-electron chi connectivity index (χ2n) is 9.67. The first-order chi connectivity index (χ1) is 16.8. The van der Waals surface area contributed by atoms with Crippen molar-refractivity contribution < 1.29 is 9.31 Å². The molecule has 0 spiro atoms. The normalized spacial score (nSPS) is 16.1. The Kier molecular flexibility index (Phi) is 5.76. The molecule has 5 rings (SSSR count). The molecular formula is C29H26BN3O2. The topological polar surface area (TPSA) is 68.0 Å². The van der Waals surface area contributed by atoms with E-state index in [1.54, 1.807) is 0 Å². The Morgan fingerprint density at radius 2 is 1.11 bits per heavy atom. The molecule has 2 heterocycles. The molecule has 4 aromatic rings. The molecule has 3 aromatic carbocycles. The third-order valence-electron chi connectivity index (χ3n) is 6.81. The van der Waals surface area contributed by atoms with E-state index in [1.807, 2.05) is 113 Å². The van der Waals surface area contributed by atoms with Crippen molar-refractivity contribution in [3.05, 3.63) is 90.5 Å². The lowest BCUT2D eigenvalue weighted by Gasteiger charge is -2.32. The zero-order valence-electron chi connectivity index (χ0n) is 20.3. The van der Waals surface area contributed by atoms with Gasteiger partial charge in [-0.3, -0.25) is 0 Å². The van der Waals surface area contributed by atoms with Gasteiger partial charge in [0.15, 0.2) is 5.82 Å². The summed E-state index contributed by atoms with van der Waals surface area (Å²) in [5, 5.41) is 10.1. The number of benzene rings is 3. The van der Waals surface area contributed by atoms with E-state index < -0.39 is 18.3 Å². The largest absolute Gasteiger partial charge is 0.494 e. The van der Waals surface area contributed by atoms with Gasteiger partial charge < -0.3 is 9.31 Å². The van der Waals surface area contributed by atoms with Crippen molar-refractivity contribution in [2.24, 2.45) is 0 Å². The van der Waals surface area contributed by atoms with Gasteiger partial charge in [0, 0.05) is 16.7 Å². The predicted octanol–water partition coefficient (Wildman–Crippen LogP) is 5.65. The van der Waals surface area contributed by atoms with Crippen LogP contribution in [0.5, 0.6) is 0 Å². The van der Waals surface area contributed by atoms with Crippen LogP contribution in [0.4, 0.5) is 0 Å². The number of rotatable bonds is 4. The molecule has 0 atom stereocenters. The fraction of sp³-hybridized carbons (Fsp3) is 0.207. The zero-order chi connectivity index (χ0) is 24.6. The molecule has 6 heteroatoms. The average molecular weight is 459 g/mol. The maximum Gasteiger partial charge on any atom is 0.494 e. The summed E-state index contributed by atoms with van der Waals surface area (Å²) in [6.07, 6.45) is 0. The van der Waals surface area contributed by atoms with Crippen LogP contribution in [-0.4, -0.2) is 28.3 Å². The Balaban J connectivity index is 1.59. The van der Waals surface area contributed by atoms with Gasteiger partial charge >= 0.3 is 7.12 Å². The maximum atomic E-state index is 10.1. The summed E-state index contributed by atoms with van der Waals surface area (Å²) >= 11 is 0. The van der Waals surface area contributed by atoms with Gasteiger partial charge in [-0.15, -0.1) is 0 Å². The van der Waals surface area contributed by atoms with Gasteiger partial charge in [-0.2, -0.15) is 5.26 Å². The Labute approximate surface area is 206 Å². The van der Waals surface area contributed by atoms with Gasteiger partial charge in [0.25, 0.3) is 0 Å². The van der Waals surface area contributed by atoms with Crippen LogP contribution in [-0.2, 0) is 9.31 Å². The Morgan fingerprint density at radius 3 is 1.54 bits per heavy atom. The fourth-order valence-corrected chi connectivity index (χ4v) is 4.07. The van der Waals surface area contributed by atoms with Crippen LogP contribution in [0.2, 0.25) is 0 Å². The summed E-state index contributed by atoms with van der Waals surface area (Å²) in [4.78, 5) is 9.69. The smallest absolute Gasteiger partial charge is 0.399 e. The van der Waals surface area contributed by atoms with Gasteiger partial charge in [0.05, 0.1) is 22.6 Å². The van der Waals surface area contributed by atoms with Crippen LogP contribution in [0, 0.1) is 11.3 Å². The van der Waals surface area contributed by atoms with E-state index in [9.17, 15) is 5.26 Å². The number of hydrogen-bond donors (Lipinski definition) is 0.